The predicted molar refractivity (Wildman–Crippen MR) is 43.8 cm³/mol. The summed E-state index contributed by atoms with van der Waals surface area (Å²) in [5.74, 6) is -1.13. The minimum absolute atomic E-state index is 0.137. The third-order valence-corrected chi connectivity index (χ3v) is 2.23. The fourth-order valence-electron chi connectivity index (χ4n) is 0.559. The molecule has 1 aromatic heterocycles. The van der Waals surface area contributed by atoms with E-state index in [0.29, 0.717) is 11.8 Å². The molecule has 0 aliphatic heterocycles. The Labute approximate surface area is 85.3 Å². The topological polar surface area (TPSA) is 62.8 Å². The van der Waals surface area contributed by atoms with Crippen LogP contribution in [0.15, 0.2) is 9.65 Å². The number of nitrogens with zero attached hydrogens (tertiary/aromatic N) is 2. The summed E-state index contributed by atoms with van der Waals surface area (Å²) < 4.78 is 39.5. The van der Waals surface area contributed by atoms with E-state index < -0.39 is 17.1 Å². The predicted octanol–water partition coefficient (Wildman–Crippen LogP) is 2.29. The van der Waals surface area contributed by atoms with Gasteiger partial charge >= 0.3 is 6.18 Å². The Hall–Kier alpha value is -0.760. The first-order valence-electron chi connectivity index (χ1n) is 3.16. The van der Waals surface area contributed by atoms with Crippen molar-refractivity contribution >= 4 is 28.5 Å². The Kier molecular flexibility index (Phi) is 3.38. The second-order valence-electron chi connectivity index (χ2n) is 2.14. The molecule has 4 nitrogen and oxygen atoms in total. The van der Waals surface area contributed by atoms with Crippen molar-refractivity contribution < 1.29 is 17.8 Å². The minimum Gasteiger partial charge on any atom is -0.287 e. The van der Waals surface area contributed by atoms with E-state index in [1.54, 1.807) is 0 Å². The van der Waals surface area contributed by atoms with Crippen LogP contribution in [0.25, 0.3) is 0 Å². The van der Waals surface area contributed by atoms with E-state index >= 15 is 0 Å². The van der Waals surface area contributed by atoms with Gasteiger partial charge in [0.05, 0.1) is 5.75 Å². The summed E-state index contributed by atoms with van der Waals surface area (Å²) in [6.07, 6.45) is -4.31. The molecule has 1 heterocycles. The first kappa shape index (κ1) is 11.3. The average molecular weight is 246 g/mol. The quantitative estimate of drug-likeness (QED) is 0.656. The molecular formula is C5H3ClF3N3OS. The molecule has 0 aliphatic carbocycles. The van der Waals surface area contributed by atoms with Crippen LogP contribution in [0.1, 0.15) is 5.69 Å². The monoisotopic (exact) mass is 245 g/mol. The Morgan fingerprint density at radius 3 is 2.64 bits per heavy atom. The lowest BCUT2D eigenvalue weighted by molar-refractivity contribution is -0.105. The molecule has 1 rings (SSSR count). The molecule has 0 spiro atoms. The van der Waals surface area contributed by atoms with Crippen molar-refractivity contribution in [2.24, 2.45) is 0 Å². The summed E-state index contributed by atoms with van der Waals surface area (Å²) in [5, 5.41) is 12.7. The molecule has 0 saturated heterocycles. The molecule has 0 aromatic carbocycles. The lowest BCUT2D eigenvalue weighted by Gasteiger charge is -2.02. The van der Waals surface area contributed by atoms with Crippen LogP contribution < -0.4 is 0 Å². The molecule has 0 amide bonds. The maximum atomic E-state index is 11.8. The van der Waals surface area contributed by atoms with Gasteiger partial charge in [-0.05, 0) is 10.3 Å². The summed E-state index contributed by atoms with van der Waals surface area (Å²) in [4.78, 5) is 0. The van der Waals surface area contributed by atoms with Gasteiger partial charge in [-0.1, -0.05) is 23.4 Å². The summed E-state index contributed by atoms with van der Waals surface area (Å²) in [5.41, 5.74) is -0.180. The van der Waals surface area contributed by atoms with E-state index in [1.165, 1.54) is 0 Å². The van der Waals surface area contributed by atoms with Crippen LogP contribution in [0, 0.1) is 5.41 Å². The average Bonchev–Trinajstić information content (AvgIpc) is 2.46. The first-order chi connectivity index (χ1) is 6.40. The molecule has 1 aromatic rings. The van der Waals surface area contributed by atoms with Gasteiger partial charge in [0.25, 0.3) is 0 Å². The zero-order valence-corrected chi connectivity index (χ0v) is 8.00. The number of aromatic nitrogens is 2. The normalized spacial score (nSPS) is 11.7. The summed E-state index contributed by atoms with van der Waals surface area (Å²) in [6, 6.07) is 0. The van der Waals surface area contributed by atoms with Gasteiger partial charge in [-0.2, -0.15) is 13.2 Å². The maximum absolute atomic E-state index is 11.8. The molecule has 0 saturated carbocycles. The van der Waals surface area contributed by atoms with Gasteiger partial charge < -0.3 is 0 Å². The molecule has 14 heavy (non-hydrogen) atoms. The van der Waals surface area contributed by atoms with E-state index in [4.69, 9.17) is 17.0 Å². The molecule has 1 N–H and O–H groups in total. The van der Waals surface area contributed by atoms with Gasteiger partial charge in [-0.3, -0.25) is 5.41 Å². The highest BCUT2D eigenvalue weighted by atomic mass is 35.5. The van der Waals surface area contributed by atoms with Crippen molar-refractivity contribution in [3.63, 3.8) is 0 Å². The van der Waals surface area contributed by atoms with E-state index in [0.717, 1.165) is 0 Å². The van der Waals surface area contributed by atoms with Crippen LogP contribution in [0.2, 0.25) is 0 Å². The Morgan fingerprint density at radius 2 is 2.14 bits per heavy atom. The number of hydrogen-bond donors (Lipinski definition) is 1. The smallest absolute Gasteiger partial charge is 0.287 e. The standard InChI is InChI=1S/C5H3ClF3N3OS/c6-3(10)2-4(12-13-11-2)14-1-5(7,8)9/h10H,1H2. The summed E-state index contributed by atoms with van der Waals surface area (Å²) in [6.45, 7) is 0. The molecule has 9 heteroatoms. The number of nitrogens with one attached hydrogen (secondary N) is 1. The minimum atomic E-state index is -4.31. The highest BCUT2D eigenvalue weighted by Gasteiger charge is 2.29. The fourth-order valence-corrected chi connectivity index (χ4v) is 1.40. The second-order valence-corrected chi connectivity index (χ2v) is 3.48. The fraction of sp³-hybridized carbons (Fsp3) is 0.400. The van der Waals surface area contributed by atoms with Crippen molar-refractivity contribution in [3.05, 3.63) is 5.69 Å². The zero-order chi connectivity index (χ0) is 10.8. The molecule has 0 radical (unpaired) electrons. The van der Waals surface area contributed by atoms with Crippen molar-refractivity contribution in [2.45, 2.75) is 11.2 Å². The first-order valence-corrected chi connectivity index (χ1v) is 4.53. The number of hydrogen-bond acceptors (Lipinski definition) is 5. The molecule has 0 aliphatic rings. The molecule has 0 unspecified atom stereocenters. The number of halogens is 4. The number of thioether (sulfide) groups is 1. The summed E-state index contributed by atoms with van der Waals surface area (Å²) >= 11 is 5.60. The Bertz CT molecular complexity index is 339. The van der Waals surface area contributed by atoms with Crippen molar-refractivity contribution in [3.8, 4) is 0 Å². The third-order valence-electron chi connectivity index (χ3n) is 1.04. The molecular weight excluding hydrogens is 243 g/mol. The van der Waals surface area contributed by atoms with Gasteiger partial charge in [0.1, 0.15) is 0 Å². The Morgan fingerprint density at radius 1 is 1.50 bits per heavy atom. The van der Waals surface area contributed by atoms with E-state index in [-0.39, 0.29) is 10.7 Å². The van der Waals surface area contributed by atoms with Gasteiger partial charge in [-0.25, -0.2) is 4.63 Å². The van der Waals surface area contributed by atoms with Gasteiger partial charge in [-0.15, -0.1) is 0 Å². The lowest BCUT2D eigenvalue weighted by atomic mass is 10.5. The van der Waals surface area contributed by atoms with Crippen LogP contribution in [-0.4, -0.2) is 27.4 Å². The van der Waals surface area contributed by atoms with Crippen molar-refractivity contribution in [1.29, 1.82) is 5.41 Å². The van der Waals surface area contributed by atoms with Crippen molar-refractivity contribution in [1.82, 2.24) is 10.3 Å². The maximum Gasteiger partial charge on any atom is 0.398 e. The van der Waals surface area contributed by atoms with Crippen LogP contribution in [0.3, 0.4) is 0 Å². The second kappa shape index (κ2) is 4.18. The van der Waals surface area contributed by atoms with E-state index in [1.807, 2.05) is 0 Å². The summed E-state index contributed by atoms with van der Waals surface area (Å²) in [7, 11) is 0. The third kappa shape index (κ3) is 3.18. The van der Waals surface area contributed by atoms with Crippen molar-refractivity contribution in [2.75, 3.05) is 5.75 Å². The number of rotatable bonds is 3. The van der Waals surface area contributed by atoms with Crippen LogP contribution in [-0.2, 0) is 0 Å². The zero-order valence-electron chi connectivity index (χ0n) is 6.43. The highest BCUT2D eigenvalue weighted by Crippen LogP contribution is 2.27. The largest absolute Gasteiger partial charge is 0.398 e. The SMILES string of the molecule is N=C(Cl)c1nonc1SCC(F)(F)F. The van der Waals surface area contributed by atoms with Gasteiger partial charge in [0.15, 0.2) is 15.9 Å². The van der Waals surface area contributed by atoms with Crippen LogP contribution in [0.5, 0.6) is 0 Å². The van der Waals surface area contributed by atoms with E-state index in [9.17, 15) is 13.2 Å². The molecule has 0 atom stereocenters. The number of alkyl halides is 3. The van der Waals surface area contributed by atoms with Crippen LogP contribution >= 0.6 is 23.4 Å². The van der Waals surface area contributed by atoms with Crippen LogP contribution in [0.4, 0.5) is 13.2 Å². The lowest BCUT2D eigenvalue weighted by Crippen LogP contribution is -2.11. The molecule has 0 bridgehead atoms. The van der Waals surface area contributed by atoms with E-state index in [2.05, 4.69) is 14.9 Å². The van der Waals surface area contributed by atoms with Gasteiger partial charge in [0.2, 0.25) is 0 Å². The molecule has 78 valence electrons. The highest BCUT2D eigenvalue weighted by molar-refractivity contribution is 7.99. The van der Waals surface area contributed by atoms with Gasteiger partial charge in [0, 0.05) is 0 Å². The Balaban J connectivity index is 2.68. The molecule has 0 fully saturated rings.